The molecule has 2 aromatic rings. The van der Waals surface area contributed by atoms with Gasteiger partial charge in [-0.15, -0.1) is 0 Å². The molecule has 1 fully saturated rings. The van der Waals surface area contributed by atoms with Crippen molar-refractivity contribution in [2.75, 3.05) is 6.61 Å². The Balaban J connectivity index is 1.94. The van der Waals surface area contributed by atoms with Crippen LogP contribution in [0.4, 0.5) is 30.7 Å². The summed E-state index contributed by atoms with van der Waals surface area (Å²) in [6.07, 6.45) is -11.3. The van der Waals surface area contributed by atoms with E-state index in [1.165, 1.54) is 31.2 Å². The Hall–Kier alpha value is -2.46. The first-order chi connectivity index (χ1) is 14.9. The molecule has 0 spiro atoms. The van der Waals surface area contributed by atoms with Crippen LogP contribution in [-0.4, -0.2) is 19.2 Å². The van der Waals surface area contributed by atoms with Gasteiger partial charge in [-0.25, -0.2) is 4.39 Å². The average Bonchev–Trinajstić information content (AvgIpc) is 2.72. The number of aldehydes is 1. The number of rotatable bonds is 5. The largest absolute Gasteiger partial charge is 0.416 e. The lowest BCUT2D eigenvalue weighted by Gasteiger charge is -2.37. The van der Waals surface area contributed by atoms with Crippen molar-refractivity contribution in [3.8, 4) is 0 Å². The molecule has 1 heterocycles. The molecule has 3 nitrogen and oxygen atoms in total. The molecule has 32 heavy (non-hydrogen) atoms. The summed E-state index contributed by atoms with van der Waals surface area (Å²) in [4.78, 5) is 11.6. The number of carbonyl (C=O) groups excluding carboxylic acids is 1. The highest BCUT2D eigenvalue weighted by molar-refractivity contribution is 5.56. The van der Waals surface area contributed by atoms with E-state index in [0.29, 0.717) is 30.4 Å². The summed E-state index contributed by atoms with van der Waals surface area (Å²) in [6.45, 7) is 1.40. The van der Waals surface area contributed by atoms with Gasteiger partial charge in [0.25, 0.3) is 0 Å². The van der Waals surface area contributed by atoms with Gasteiger partial charge < -0.3 is 14.3 Å². The summed E-state index contributed by atoms with van der Waals surface area (Å²) < 4.78 is 104. The zero-order valence-electron chi connectivity index (χ0n) is 16.7. The van der Waals surface area contributed by atoms with Crippen LogP contribution < -0.4 is 0 Å². The van der Waals surface area contributed by atoms with Gasteiger partial charge in [-0.3, -0.25) is 0 Å². The predicted molar refractivity (Wildman–Crippen MR) is 99.0 cm³/mol. The first kappa shape index (κ1) is 24.2. The van der Waals surface area contributed by atoms with Crippen LogP contribution in [0.5, 0.6) is 0 Å². The lowest BCUT2D eigenvalue weighted by Crippen LogP contribution is -2.38. The van der Waals surface area contributed by atoms with Crippen molar-refractivity contribution in [2.24, 2.45) is 5.92 Å². The van der Waals surface area contributed by atoms with Crippen molar-refractivity contribution in [1.29, 1.82) is 0 Å². The van der Waals surface area contributed by atoms with Gasteiger partial charge in [-0.05, 0) is 54.8 Å². The summed E-state index contributed by atoms with van der Waals surface area (Å²) in [5.74, 6) is -1.81. The van der Waals surface area contributed by atoms with E-state index < -0.39 is 53.5 Å². The summed E-state index contributed by atoms with van der Waals surface area (Å²) >= 11 is 0. The van der Waals surface area contributed by atoms with Crippen molar-refractivity contribution in [3.05, 3.63) is 70.5 Å². The molecule has 0 saturated carbocycles. The minimum Gasteiger partial charge on any atom is -0.352 e. The van der Waals surface area contributed by atoms with E-state index in [1.807, 2.05) is 0 Å². The van der Waals surface area contributed by atoms with Gasteiger partial charge in [-0.2, -0.15) is 26.3 Å². The second-order valence-electron chi connectivity index (χ2n) is 7.52. The average molecular weight is 464 g/mol. The van der Waals surface area contributed by atoms with Gasteiger partial charge in [0.05, 0.1) is 23.8 Å². The molecule has 1 aliphatic rings. The second-order valence-corrected chi connectivity index (χ2v) is 7.52. The molecule has 0 amide bonds. The standard InChI is InChI=1S/C22H19F7O3/c1-12(15-8-16(21(24,25)26)10-17(9-15)22(27,28)29)32-20-19(14(11-30)6-7-31-20)13-2-4-18(23)5-3-13/h2-5,8-12,14,19-20H,6-7H2,1H3. The van der Waals surface area contributed by atoms with Crippen molar-refractivity contribution < 1.29 is 45.0 Å². The van der Waals surface area contributed by atoms with Crippen molar-refractivity contribution in [2.45, 2.75) is 44.0 Å². The Morgan fingerprint density at radius 2 is 1.56 bits per heavy atom. The zero-order valence-corrected chi connectivity index (χ0v) is 16.7. The van der Waals surface area contributed by atoms with E-state index in [0.717, 1.165) is 0 Å². The van der Waals surface area contributed by atoms with Crippen LogP contribution in [0, 0.1) is 11.7 Å². The number of carbonyl (C=O) groups is 1. The van der Waals surface area contributed by atoms with Gasteiger partial charge in [-0.1, -0.05) is 12.1 Å². The summed E-state index contributed by atoms with van der Waals surface area (Å²) in [6, 6.07) is 6.43. The maximum absolute atomic E-state index is 13.3. The molecule has 174 valence electrons. The lowest BCUT2D eigenvalue weighted by atomic mass is 9.82. The maximum Gasteiger partial charge on any atom is 0.416 e. The molecular weight excluding hydrogens is 445 g/mol. The smallest absolute Gasteiger partial charge is 0.352 e. The molecule has 0 aromatic heterocycles. The molecule has 0 bridgehead atoms. The van der Waals surface area contributed by atoms with Gasteiger partial charge in [0.2, 0.25) is 0 Å². The van der Waals surface area contributed by atoms with Crippen LogP contribution in [-0.2, 0) is 26.6 Å². The fourth-order valence-corrected chi connectivity index (χ4v) is 3.66. The molecule has 0 aliphatic carbocycles. The minimum absolute atomic E-state index is 0.0388. The molecule has 1 saturated heterocycles. The Kier molecular flexibility index (Phi) is 6.94. The number of hydrogen-bond donors (Lipinski definition) is 0. The first-order valence-electron chi connectivity index (χ1n) is 9.67. The van der Waals surface area contributed by atoms with Crippen LogP contribution in [0.25, 0.3) is 0 Å². The van der Waals surface area contributed by atoms with Crippen molar-refractivity contribution >= 4 is 6.29 Å². The van der Waals surface area contributed by atoms with E-state index in [1.54, 1.807) is 0 Å². The van der Waals surface area contributed by atoms with Gasteiger partial charge in [0, 0.05) is 11.8 Å². The molecule has 4 unspecified atom stereocenters. The van der Waals surface area contributed by atoms with Crippen LogP contribution >= 0.6 is 0 Å². The SMILES string of the molecule is CC(OC1OCCC(C=O)C1c1ccc(F)cc1)c1cc(C(F)(F)F)cc(C(F)(F)F)c1. The molecule has 2 aromatic carbocycles. The van der Waals surface area contributed by atoms with E-state index in [4.69, 9.17) is 9.47 Å². The van der Waals surface area contributed by atoms with Crippen LogP contribution in [0.2, 0.25) is 0 Å². The van der Waals surface area contributed by atoms with Crippen LogP contribution in [0.1, 0.15) is 47.6 Å². The third-order valence-electron chi connectivity index (χ3n) is 5.34. The van der Waals surface area contributed by atoms with E-state index in [2.05, 4.69) is 0 Å². The quantitative estimate of drug-likeness (QED) is 0.386. The highest BCUT2D eigenvalue weighted by Crippen LogP contribution is 2.41. The zero-order chi connectivity index (χ0) is 23.7. The van der Waals surface area contributed by atoms with Gasteiger partial charge in [0.1, 0.15) is 12.1 Å². The number of alkyl halides is 6. The lowest BCUT2D eigenvalue weighted by molar-refractivity contribution is -0.207. The Bertz CT molecular complexity index is 906. The summed E-state index contributed by atoms with van der Waals surface area (Å²) in [7, 11) is 0. The van der Waals surface area contributed by atoms with Gasteiger partial charge in [0.15, 0.2) is 6.29 Å². The summed E-state index contributed by atoms with van der Waals surface area (Å²) in [5, 5.41) is 0. The van der Waals surface area contributed by atoms with E-state index >= 15 is 0 Å². The number of hydrogen-bond acceptors (Lipinski definition) is 3. The fraction of sp³-hybridized carbons (Fsp3) is 0.409. The van der Waals surface area contributed by atoms with Gasteiger partial charge >= 0.3 is 12.4 Å². The molecule has 0 radical (unpaired) electrons. The Morgan fingerprint density at radius 3 is 2.06 bits per heavy atom. The molecule has 3 rings (SSSR count). The van der Waals surface area contributed by atoms with Crippen LogP contribution in [0.15, 0.2) is 42.5 Å². The third kappa shape index (κ3) is 5.47. The number of benzene rings is 2. The molecular formula is C22H19F7O3. The van der Waals surface area contributed by atoms with E-state index in [-0.39, 0.29) is 18.2 Å². The minimum atomic E-state index is -4.99. The normalized spacial score (nSPS) is 23.1. The highest BCUT2D eigenvalue weighted by atomic mass is 19.4. The number of ether oxygens (including phenoxy) is 2. The molecule has 0 N–H and O–H groups in total. The third-order valence-corrected chi connectivity index (χ3v) is 5.34. The number of halogens is 7. The highest BCUT2D eigenvalue weighted by Gasteiger charge is 2.39. The monoisotopic (exact) mass is 464 g/mol. The predicted octanol–water partition coefficient (Wildman–Crippen LogP) is 6.29. The molecule has 10 heteroatoms. The van der Waals surface area contributed by atoms with Crippen molar-refractivity contribution in [1.82, 2.24) is 0 Å². The van der Waals surface area contributed by atoms with E-state index in [9.17, 15) is 35.5 Å². The summed E-state index contributed by atoms with van der Waals surface area (Å²) in [5.41, 5.74) is -2.76. The molecule has 1 aliphatic heterocycles. The van der Waals surface area contributed by atoms with Crippen molar-refractivity contribution in [3.63, 3.8) is 0 Å². The molecule has 4 atom stereocenters. The Morgan fingerprint density at radius 1 is 1.00 bits per heavy atom. The first-order valence-corrected chi connectivity index (χ1v) is 9.67. The second kappa shape index (κ2) is 9.19. The fourth-order valence-electron chi connectivity index (χ4n) is 3.66. The Labute approximate surface area is 179 Å². The maximum atomic E-state index is 13.3. The topological polar surface area (TPSA) is 35.5 Å². The van der Waals surface area contributed by atoms with Crippen LogP contribution in [0.3, 0.4) is 0 Å².